The van der Waals surface area contributed by atoms with Crippen LogP contribution in [0.2, 0.25) is 0 Å². The van der Waals surface area contributed by atoms with Crippen molar-refractivity contribution in [1.82, 2.24) is 0 Å². The highest BCUT2D eigenvalue weighted by Gasteiger charge is 2.63. The summed E-state index contributed by atoms with van der Waals surface area (Å²) in [5.41, 5.74) is -3.28. The van der Waals surface area contributed by atoms with Gasteiger partial charge in [-0.1, -0.05) is 0 Å². The molecule has 0 spiro atoms. The molecule has 0 bridgehead atoms. The summed E-state index contributed by atoms with van der Waals surface area (Å²) in [6, 6.07) is -0.895. The van der Waals surface area contributed by atoms with Crippen molar-refractivity contribution in [2.75, 3.05) is 0 Å². The van der Waals surface area contributed by atoms with Gasteiger partial charge in [-0.05, 0) is 30.4 Å². The van der Waals surface area contributed by atoms with Gasteiger partial charge in [0.05, 0.1) is 11.6 Å². The molecule has 1 saturated carbocycles. The van der Waals surface area contributed by atoms with Crippen LogP contribution in [0.25, 0.3) is 0 Å². The zero-order valence-corrected chi connectivity index (χ0v) is 8.96. The van der Waals surface area contributed by atoms with E-state index in [0.29, 0.717) is 12.8 Å². The van der Waals surface area contributed by atoms with E-state index >= 15 is 0 Å². The lowest BCUT2D eigenvalue weighted by atomic mass is 9.82. The first-order chi connectivity index (χ1) is 6.94. The molecule has 15 heavy (non-hydrogen) atoms. The van der Waals surface area contributed by atoms with Gasteiger partial charge in [0.15, 0.2) is 0 Å². The maximum Gasteiger partial charge on any atom is 0.218 e. The highest BCUT2D eigenvalue weighted by atomic mass is 35.5. The largest absolute Gasteiger partial charge is 0.387 e. The van der Waals surface area contributed by atoms with Gasteiger partial charge in [-0.3, -0.25) is 0 Å². The summed E-state index contributed by atoms with van der Waals surface area (Å²) in [4.78, 5) is 0. The second kappa shape index (κ2) is 3.36. The molecule has 1 heterocycles. The van der Waals surface area contributed by atoms with Gasteiger partial charge in [-0.2, -0.15) is 0 Å². The summed E-state index contributed by atoms with van der Waals surface area (Å²) >= 11 is 5.15. The molecule has 0 aromatic carbocycles. The van der Waals surface area contributed by atoms with Gasteiger partial charge in [0.25, 0.3) is 0 Å². The Hall–Kier alpha value is -0.275. The summed E-state index contributed by atoms with van der Waals surface area (Å²) < 4.78 is 19.4. The minimum absolute atomic E-state index is 0.520. The van der Waals surface area contributed by atoms with Crippen LogP contribution in [0.4, 0.5) is 4.39 Å². The molecule has 0 aromatic heterocycles. The standard InChI is InChI=1S/C9H11BClFO3/c10-7-9(12,3-4-11)5(13)6(15-7)8(14)1-2-8/h5-7,13-14H,1-2,10H2/t5?,6-,7?,9?/m0/s1. The zero-order chi connectivity index (χ0) is 11.3. The van der Waals surface area contributed by atoms with Crippen LogP contribution in [0.3, 0.4) is 0 Å². The van der Waals surface area contributed by atoms with Crippen molar-refractivity contribution in [3.63, 3.8) is 0 Å². The predicted octanol–water partition coefficient (Wildman–Crippen LogP) is -0.862. The van der Waals surface area contributed by atoms with Crippen molar-refractivity contribution < 1.29 is 19.3 Å². The Kier molecular flexibility index (Phi) is 2.51. The van der Waals surface area contributed by atoms with E-state index in [1.54, 1.807) is 0 Å². The minimum Gasteiger partial charge on any atom is -0.387 e. The van der Waals surface area contributed by atoms with Crippen molar-refractivity contribution in [2.24, 2.45) is 0 Å². The van der Waals surface area contributed by atoms with Crippen LogP contribution < -0.4 is 0 Å². The molecule has 2 fully saturated rings. The summed E-state index contributed by atoms with van der Waals surface area (Å²) in [5, 5.41) is 21.5. The molecule has 82 valence electrons. The van der Waals surface area contributed by atoms with E-state index in [1.807, 2.05) is 5.38 Å². The Labute approximate surface area is 93.0 Å². The topological polar surface area (TPSA) is 49.7 Å². The van der Waals surface area contributed by atoms with Gasteiger partial charge in [-0.25, -0.2) is 4.39 Å². The second-order valence-electron chi connectivity index (χ2n) is 4.23. The summed E-state index contributed by atoms with van der Waals surface area (Å²) in [6.07, 6.45) is -1.32. The molecular weight excluding hydrogens is 221 g/mol. The average Bonchev–Trinajstić information content (AvgIpc) is 2.87. The molecule has 2 aliphatic rings. The number of ether oxygens (including phenoxy) is 1. The SMILES string of the molecule is BC1O[C@H](C2(O)CC2)C(O)C1(F)C#CCl. The maximum absolute atomic E-state index is 14.2. The first-order valence-electron chi connectivity index (χ1n) is 4.81. The van der Waals surface area contributed by atoms with Gasteiger partial charge in [0.1, 0.15) is 20.1 Å². The van der Waals surface area contributed by atoms with Gasteiger partial charge < -0.3 is 14.9 Å². The van der Waals surface area contributed by atoms with Gasteiger partial charge >= 0.3 is 0 Å². The monoisotopic (exact) mass is 232 g/mol. The van der Waals surface area contributed by atoms with E-state index in [9.17, 15) is 14.6 Å². The minimum atomic E-state index is -2.19. The molecule has 2 N–H and O–H groups in total. The van der Waals surface area contributed by atoms with E-state index in [-0.39, 0.29) is 0 Å². The van der Waals surface area contributed by atoms with Crippen molar-refractivity contribution >= 4 is 19.4 Å². The fraction of sp³-hybridized carbons (Fsp3) is 0.778. The lowest BCUT2D eigenvalue weighted by Gasteiger charge is -2.22. The van der Waals surface area contributed by atoms with Crippen LogP contribution >= 0.6 is 11.6 Å². The summed E-state index contributed by atoms with van der Waals surface area (Å²) in [6.45, 7) is 0. The van der Waals surface area contributed by atoms with E-state index in [2.05, 4.69) is 5.92 Å². The zero-order valence-electron chi connectivity index (χ0n) is 8.20. The van der Waals surface area contributed by atoms with Crippen molar-refractivity contribution in [2.45, 2.75) is 42.3 Å². The van der Waals surface area contributed by atoms with Crippen molar-refractivity contribution in [3.8, 4) is 11.3 Å². The summed E-state index contributed by atoms with van der Waals surface area (Å²) in [7, 11) is 1.47. The highest BCUT2D eigenvalue weighted by molar-refractivity contribution is 6.30. The normalized spacial score (nSPS) is 47.1. The Balaban J connectivity index is 2.25. The number of rotatable bonds is 1. The highest BCUT2D eigenvalue weighted by Crippen LogP contribution is 2.47. The number of halogens is 2. The van der Waals surface area contributed by atoms with E-state index in [0.717, 1.165) is 0 Å². The van der Waals surface area contributed by atoms with Gasteiger partial charge in [0, 0.05) is 5.38 Å². The molecule has 1 aliphatic heterocycles. The van der Waals surface area contributed by atoms with Crippen LogP contribution in [-0.4, -0.2) is 47.5 Å². The molecule has 1 saturated heterocycles. The number of alkyl halides is 1. The van der Waals surface area contributed by atoms with Crippen molar-refractivity contribution in [1.29, 1.82) is 0 Å². The number of hydrogen-bond acceptors (Lipinski definition) is 3. The Bertz CT molecular complexity index is 338. The third-order valence-corrected chi connectivity index (χ3v) is 3.28. The smallest absolute Gasteiger partial charge is 0.218 e. The average molecular weight is 232 g/mol. The van der Waals surface area contributed by atoms with E-state index in [4.69, 9.17) is 16.3 Å². The third kappa shape index (κ3) is 1.56. The molecular formula is C9H11BClFO3. The lowest BCUT2D eigenvalue weighted by molar-refractivity contribution is -0.0683. The van der Waals surface area contributed by atoms with Gasteiger partial charge in [-0.15, -0.1) is 0 Å². The van der Waals surface area contributed by atoms with Crippen LogP contribution in [0.5, 0.6) is 0 Å². The number of aliphatic hydroxyl groups is 2. The first kappa shape index (κ1) is 11.2. The third-order valence-electron chi connectivity index (χ3n) is 3.19. The number of aliphatic hydroxyl groups excluding tert-OH is 1. The Morgan fingerprint density at radius 3 is 2.60 bits per heavy atom. The van der Waals surface area contributed by atoms with Gasteiger partial charge in [0.2, 0.25) is 5.67 Å². The summed E-state index contributed by atoms with van der Waals surface area (Å²) in [5.74, 6) is 2.11. The van der Waals surface area contributed by atoms with E-state index < -0.39 is 29.5 Å². The molecule has 3 nitrogen and oxygen atoms in total. The molecule has 3 unspecified atom stereocenters. The van der Waals surface area contributed by atoms with Crippen LogP contribution in [0.15, 0.2) is 0 Å². The predicted molar refractivity (Wildman–Crippen MR) is 54.9 cm³/mol. The maximum atomic E-state index is 14.2. The molecule has 0 amide bonds. The van der Waals surface area contributed by atoms with Crippen LogP contribution in [-0.2, 0) is 4.74 Å². The first-order valence-corrected chi connectivity index (χ1v) is 5.19. The van der Waals surface area contributed by atoms with Crippen LogP contribution in [0.1, 0.15) is 12.8 Å². The Morgan fingerprint density at radius 1 is 1.53 bits per heavy atom. The Morgan fingerprint density at radius 2 is 2.13 bits per heavy atom. The van der Waals surface area contributed by atoms with Crippen LogP contribution in [0, 0.1) is 11.3 Å². The fourth-order valence-corrected chi connectivity index (χ4v) is 2.08. The lowest BCUT2D eigenvalue weighted by Crippen LogP contribution is -2.46. The number of hydrogen-bond donors (Lipinski definition) is 2. The quantitative estimate of drug-likeness (QED) is 0.457. The molecule has 6 heteroatoms. The van der Waals surface area contributed by atoms with Crippen molar-refractivity contribution in [3.05, 3.63) is 0 Å². The molecule has 4 atom stereocenters. The molecule has 2 rings (SSSR count). The fourth-order valence-electron chi connectivity index (χ4n) is 1.94. The molecule has 1 aliphatic carbocycles. The van der Waals surface area contributed by atoms with E-state index in [1.165, 1.54) is 7.85 Å². The molecule has 0 radical (unpaired) electrons. The second-order valence-corrected chi connectivity index (χ2v) is 4.42. The molecule has 0 aromatic rings.